The summed E-state index contributed by atoms with van der Waals surface area (Å²) in [5, 5.41) is 3.80. The summed E-state index contributed by atoms with van der Waals surface area (Å²) >= 11 is 0. The van der Waals surface area contributed by atoms with E-state index in [-0.39, 0.29) is 0 Å². The van der Waals surface area contributed by atoms with E-state index in [0.29, 0.717) is 0 Å². The molecule has 0 aromatic carbocycles. The average molecular weight is 281 g/mol. The topological polar surface area (TPSA) is 18.5 Å². The fourth-order valence-corrected chi connectivity index (χ4v) is 3.82. The van der Waals surface area contributed by atoms with Gasteiger partial charge in [-0.2, -0.15) is 0 Å². The van der Waals surface area contributed by atoms with E-state index in [1.165, 1.54) is 58.3 Å². The van der Waals surface area contributed by atoms with Gasteiger partial charge in [0.25, 0.3) is 0 Å². The molecule has 3 atom stereocenters. The van der Waals surface area contributed by atoms with Gasteiger partial charge in [-0.05, 0) is 71.1 Å². The number of likely N-dealkylation sites (tertiary alicyclic amines) is 1. The Morgan fingerprint density at radius 1 is 1.00 bits per heavy atom. The van der Waals surface area contributed by atoms with Crippen molar-refractivity contribution in [1.82, 2.24) is 15.1 Å². The lowest BCUT2D eigenvalue weighted by atomic mass is 9.79. The first kappa shape index (κ1) is 16.3. The number of nitrogens with zero attached hydrogens (tertiary/aromatic N) is 2. The summed E-state index contributed by atoms with van der Waals surface area (Å²) in [5.74, 6) is 1.83. The first-order chi connectivity index (χ1) is 9.56. The quantitative estimate of drug-likeness (QED) is 0.835. The second-order valence-corrected chi connectivity index (χ2v) is 7.46. The molecular formula is C17H35N3. The van der Waals surface area contributed by atoms with Crippen molar-refractivity contribution in [3.05, 3.63) is 0 Å². The van der Waals surface area contributed by atoms with Gasteiger partial charge in [-0.25, -0.2) is 0 Å². The molecule has 3 nitrogen and oxygen atoms in total. The third kappa shape index (κ3) is 4.71. The summed E-state index contributed by atoms with van der Waals surface area (Å²) in [5.41, 5.74) is 0. The highest BCUT2D eigenvalue weighted by atomic mass is 15.2. The van der Waals surface area contributed by atoms with Crippen LogP contribution >= 0.6 is 0 Å². The maximum Gasteiger partial charge on any atom is 0.0113 e. The third-order valence-electron chi connectivity index (χ3n) is 5.75. The van der Waals surface area contributed by atoms with Crippen molar-refractivity contribution in [3.63, 3.8) is 0 Å². The SMILES string of the molecule is C[C@@H]1CC[C@@H](NCCN2CCC(N(C)C)CC2)C[C@H]1C. The molecule has 1 saturated heterocycles. The maximum atomic E-state index is 3.80. The van der Waals surface area contributed by atoms with Gasteiger partial charge in [-0.1, -0.05) is 13.8 Å². The molecule has 2 fully saturated rings. The van der Waals surface area contributed by atoms with Crippen LogP contribution in [0.25, 0.3) is 0 Å². The standard InChI is InChI=1S/C17H35N3/c1-14-5-6-16(13-15(14)2)18-9-12-20-10-7-17(8-11-20)19(3)4/h14-18H,5-13H2,1-4H3/t14-,15-,16-/m1/s1. The molecule has 20 heavy (non-hydrogen) atoms. The zero-order valence-corrected chi connectivity index (χ0v) is 14.1. The van der Waals surface area contributed by atoms with E-state index in [4.69, 9.17) is 0 Å². The number of nitrogens with one attached hydrogen (secondary N) is 1. The number of hydrogen-bond donors (Lipinski definition) is 1. The molecule has 1 saturated carbocycles. The zero-order valence-electron chi connectivity index (χ0n) is 14.1. The van der Waals surface area contributed by atoms with Crippen LogP contribution in [0.15, 0.2) is 0 Å². The molecule has 2 aliphatic rings. The molecule has 0 unspecified atom stereocenters. The van der Waals surface area contributed by atoms with Gasteiger partial charge in [0.1, 0.15) is 0 Å². The normalized spacial score (nSPS) is 33.8. The highest BCUT2D eigenvalue weighted by Gasteiger charge is 2.24. The maximum absolute atomic E-state index is 3.80. The Morgan fingerprint density at radius 2 is 1.70 bits per heavy atom. The summed E-state index contributed by atoms with van der Waals surface area (Å²) in [6.45, 7) is 9.81. The van der Waals surface area contributed by atoms with Crippen molar-refractivity contribution < 1.29 is 0 Å². The van der Waals surface area contributed by atoms with Crippen molar-refractivity contribution in [2.45, 2.75) is 58.0 Å². The minimum Gasteiger partial charge on any atom is -0.313 e. The minimum absolute atomic E-state index is 0.778. The molecule has 2 rings (SSSR count). The molecule has 0 spiro atoms. The Balaban J connectivity index is 1.58. The molecule has 1 N–H and O–H groups in total. The lowest BCUT2D eigenvalue weighted by molar-refractivity contribution is 0.142. The van der Waals surface area contributed by atoms with Crippen LogP contribution in [0.1, 0.15) is 46.0 Å². The van der Waals surface area contributed by atoms with E-state index in [9.17, 15) is 0 Å². The van der Waals surface area contributed by atoms with Crippen molar-refractivity contribution in [2.75, 3.05) is 40.3 Å². The van der Waals surface area contributed by atoms with Gasteiger partial charge < -0.3 is 15.1 Å². The second kappa shape index (κ2) is 7.77. The Morgan fingerprint density at radius 3 is 2.30 bits per heavy atom. The van der Waals surface area contributed by atoms with E-state index < -0.39 is 0 Å². The fourth-order valence-electron chi connectivity index (χ4n) is 3.82. The summed E-state index contributed by atoms with van der Waals surface area (Å²) in [6, 6.07) is 1.58. The average Bonchev–Trinajstić information content (AvgIpc) is 2.43. The summed E-state index contributed by atoms with van der Waals surface area (Å²) in [7, 11) is 4.43. The first-order valence-corrected chi connectivity index (χ1v) is 8.68. The fraction of sp³-hybridized carbons (Fsp3) is 1.00. The van der Waals surface area contributed by atoms with Gasteiger partial charge in [0.2, 0.25) is 0 Å². The van der Waals surface area contributed by atoms with E-state index in [1.807, 2.05) is 0 Å². The van der Waals surface area contributed by atoms with Crippen molar-refractivity contribution >= 4 is 0 Å². The van der Waals surface area contributed by atoms with Crippen molar-refractivity contribution in [2.24, 2.45) is 11.8 Å². The van der Waals surface area contributed by atoms with Crippen LogP contribution in [-0.2, 0) is 0 Å². The van der Waals surface area contributed by atoms with Crippen LogP contribution in [0, 0.1) is 11.8 Å². The van der Waals surface area contributed by atoms with Crippen molar-refractivity contribution in [1.29, 1.82) is 0 Å². The third-order valence-corrected chi connectivity index (χ3v) is 5.75. The van der Waals surface area contributed by atoms with Gasteiger partial charge in [-0.3, -0.25) is 0 Å². The van der Waals surface area contributed by atoms with Gasteiger partial charge >= 0.3 is 0 Å². The molecule has 0 aromatic heterocycles. The van der Waals surface area contributed by atoms with Crippen LogP contribution < -0.4 is 5.32 Å². The Labute approximate surface area is 126 Å². The molecule has 0 radical (unpaired) electrons. The highest BCUT2D eigenvalue weighted by Crippen LogP contribution is 2.29. The number of rotatable bonds is 5. The second-order valence-electron chi connectivity index (χ2n) is 7.46. The van der Waals surface area contributed by atoms with E-state index >= 15 is 0 Å². The van der Waals surface area contributed by atoms with Gasteiger partial charge in [0.15, 0.2) is 0 Å². The largest absolute Gasteiger partial charge is 0.313 e. The number of piperidine rings is 1. The lowest BCUT2D eigenvalue weighted by Gasteiger charge is -2.36. The first-order valence-electron chi connectivity index (χ1n) is 8.68. The summed E-state index contributed by atoms with van der Waals surface area (Å²) in [4.78, 5) is 5.03. The lowest BCUT2D eigenvalue weighted by Crippen LogP contribution is -2.45. The molecular weight excluding hydrogens is 246 g/mol. The van der Waals surface area contributed by atoms with Gasteiger partial charge in [0, 0.05) is 25.2 Å². The van der Waals surface area contributed by atoms with Crippen LogP contribution in [0.3, 0.4) is 0 Å². The summed E-state index contributed by atoms with van der Waals surface area (Å²) < 4.78 is 0. The van der Waals surface area contributed by atoms with Crippen LogP contribution in [0.5, 0.6) is 0 Å². The molecule has 0 amide bonds. The van der Waals surface area contributed by atoms with E-state index in [0.717, 1.165) is 23.9 Å². The minimum atomic E-state index is 0.778. The van der Waals surface area contributed by atoms with E-state index in [1.54, 1.807) is 0 Å². The molecule has 3 heteroatoms. The Bertz CT molecular complexity index is 271. The predicted octanol–water partition coefficient (Wildman–Crippen LogP) is 2.43. The van der Waals surface area contributed by atoms with Crippen LogP contribution in [0.2, 0.25) is 0 Å². The number of hydrogen-bond acceptors (Lipinski definition) is 3. The molecule has 0 bridgehead atoms. The van der Waals surface area contributed by atoms with Gasteiger partial charge in [0.05, 0.1) is 0 Å². The van der Waals surface area contributed by atoms with Crippen LogP contribution in [-0.4, -0.2) is 62.2 Å². The zero-order chi connectivity index (χ0) is 14.5. The highest BCUT2D eigenvalue weighted by molar-refractivity contribution is 4.81. The van der Waals surface area contributed by atoms with E-state index in [2.05, 4.69) is 43.1 Å². The smallest absolute Gasteiger partial charge is 0.0113 e. The Kier molecular flexibility index (Phi) is 6.31. The van der Waals surface area contributed by atoms with Crippen LogP contribution in [0.4, 0.5) is 0 Å². The molecule has 1 aliphatic heterocycles. The Hall–Kier alpha value is -0.120. The van der Waals surface area contributed by atoms with Crippen molar-refractivity contribution in [3.8, 4) is 0 Å². The summed E-state index contributed by atoms with van der Waals surface area (Å²) in [6.07, 6.45) is 6.85. The molecule has 118 valence electrons. The monoisotopic (exact) mass is 281 g/mol. The molecule has 1 aliphatic carbocycles. The predicted molar refractivity (Wildman–Crippen MR) is 87.1 cm³/mol. The molecule has 0 aromatic rings. The molecule has 1 heterocycles. The van der Waals surface area contributed by atoms with Gasteiger partial charge in [-0.15, -0.1) is 0 Å².